The van der Waals surface area contributed by atoms with Gasteiger partial charge < -0.3 is 15.2 Å². The van der Waals surface area contributed by atoms with E-state index in [1.807, 2.05) is 13.8 Å². The minimum atomic E-state index is -1.05. The highest BCUT2D eigenvalue weighted by molar-refractivity contribution is 5.76. The highest BCUT2D eigenvalue weighted by Gasteiger charge is 2.39. The largest absolute Gasteiger partial charge is 0.481 e. The summed E-state index contributed by atoms with van der Waals surface area (Å²) in [5.74, 6) is -0.974. The number of rotatable bonds is 6. The predicted octanol–water partition coefficient (Wildman–Crippen LogP) is 2.03. The van der Waals surface area contributed by atoms with Crippen molar-refractivity contribution in [2.24, 2.45) is 11.3 Å². The van der Waals surface area contributed by atoms with Gasteiger partial charge in [0, 0.05) is 0 Å². The van der Waals surface area contributed by atoms with Crippen LogP contribution < -0.4 is 5.32 Å². The number of hydrogen-bond acceptors (Lipinski definition) is 3. The fourth-order valence-corrected chi connectivity index (χ4v) is 1.62. The van der Waals surface area contributed by atoms with Gasteiger partial charge in [-0.1, -0.05) is 26.5 Å². The van der Waals surface area contributed by atoms with Crippen LogP contribution in [0.5, 0.6) is 0 Å². The van der Waals surface area contributed by atoms with Crippen molar-refractivity contribution < 1.29 is 19.4 Å². The molecule has 0 aromatic rings. The zero-order valence-corrected chi connectivity index (χ0v) is 10.8. The number of amides is 1. The molecular weight excluding hydrogens is 222 g/mol. The monoisotopic (exact) mass is 243 g/mol. The molecule has 0 heterocycles. The van der Waals surface area contributed by atoms with Crippen molar-refractivity contribution in [2.75, 3.05) is 6.61 Å². The second-order valence-corrected chi connectivity index (χ2v) is 4.78. The molecule has 98 valence electrons. The van der Waals surface area contributed by atoms with Crippen LogP contribution in [0, 0.1) is 11.3 Å². The predicted molar refractivity (Wildman–Crippen MR) is 64.7 cm³/mol. The van der Waals surface area contributed by atoms with Gasteiger partial charge in [-0.2, -0.15) is 0 Å². The first-order chi connectivity index (χ1) is 7.73. The molecule has 0 rings (SSSR count). The molecule has 1 unspecified atom stereocenters. The molecule has 0 bridgehead atoms. The van der Waals surface area contributed by atoms with Gasteiger partial charge in [0.05, 0.1) is 11.5 Å². The van der Waals surface area contributed by atoms with E-state index >= 15 is 0 Å². The van der Waals surface area contributed by atoms with E-state index in [0.29, 0.717) is 0 Å². The summed E-state index contributed by atoms with van der Waals surface area (Å²) in [4.78, 5) is 22.6. The van der Waals surface area contributed by atoms with E-state index in [1.54, 1.807) is 13.8 Å². The molecule has 5 nitrogen and oxygen atoms in total. The van der Waals surface area contributed by atoms with Crippen LogP contribution in [0.4, 0.5) is 4.79 Å². The minimum absolute atomic E-state index is 0.0163. The molecule has 2 N–H and O–H groups in total. The van der Waals surface area contributed by atoms with Crippen molar-refractivity contribution in [1.82, 2.24) is 5.32 Å². The summed E-state index contributed by atoms with van der Waals surface area (Å²) in [6.45, 7) is 10.4. The Morgan fingerprint density at radius 3 is 2.35 bits per heavy atom. The van der Waals surface area contributed by atoms with Gasteiger partial charge >= 0.3 is 12.1 Å². The Bertz CT molecular complexity index is 297. The number of alkyl carbamates (subject to hydrolysis) is 1. The van der Waals surface area contributed by atoms with Gasteiger partial charge in [-0.3, -0.25) is 4.79 Å². The van der Waals surface area contributed by atoms with Gasteiger partial charge in [0.15, 0.2) is 0 Å². The highest BCUT2D eigenvalue weighted by atomic mass is 16.5. The average Bonchev–Trinajstić information content (AvgIpc) is 2.21. The van der Waals surface area contributed by atoms with Crippen LogP contribution in [0.15, 0.2) is 12.7 Å². The fraction of sp³-hybridized carbons (Fsp3) is 0.667. The SMILES string of the molecule is C=CCOC(=O)NC(C(C)C)C(C)(C)C(=O)O. The summed E-state index contributed by atoms with van der Waals surface area (Å²) < 4.78 is 4.79. The normalized spacial score (nSPS) is 13.0. The van der Waals surface area contributed by atoms with Crippen LogP contribution in [0.25, 0.3) is 0 Å². The number of nitrogens with one attached hydrogen (secondary N) is 1. The molecular formula is C12H21NO4. The molecule has 0 radical (unpaired) electrons. The van der Waals surface area contributed by atoms with Crippen molar-refractivity contribution in [3.63, 3.8) is 0 Å². The number of carboxylic acid groups (broad SMARTS) is 1. The number of carbonyl (C=O) groups excluding carboxylic acids is 1. The fourth-order valence-electron chi connectivity index (χ4n) is 1.62. The Kier molecular flexibility index (Phi) is 5.71. The Morgan fingerprint density at radius 1 is 1.47 bits per heavy atom. The molecule has 0 aromatic carbocycles. The van der Waals surface area contributed by atoms with Crippen LogP contribution in [0.3, 0.4) is 0 Å². The van der Waals surface area contributed by atoms with Gasteiger partial charge in [0.1, 0.15) is 6.61 Å². The summed E-state index contributed by atoms with van der Waals surface area (Å²) in [5, 5.41) is 11.7. The standard InChI is InChI=1S/C12H21NO4/c1-6-7-17-11(16)13-9(8(2)3)12(4,5)10(14)15/h6,8-9H,1,7H2,2-5H3,(H,13,16)(H,14,15). The van der Waals surface area contributed by atoms with E-state index < -0.39 is 23.5 Å². The topological polar surface area (TPSA) is 75.6 Å². The Morgan fingerprint density at radius 2 is 2.00 bits per heavy atom. The van der Waals surface area contributed by atoms with Crippen molar-refractivity contribution in [3.8, 4) is 0 Å². The van der Waals surface area contributed by atoms with Gasteiger partial charge in [0.2, 0.25) is 0 Å². The summed E-state index contributed by atoms with van der Waals surface area (Å²) in [7, 11) is 0. The smallest absolute Gasteiger partial charge is 0.407 e. The van der Waals surface area contributed by atoms with Crippen molar-refractivity contribution in [2.45, 2.75) is 33.7 Å². The van der Waals surface area contributed by atoms with Crippen molar-refractivity contribution in [1.29, 1.82) is 0 Å². The van der Waals surface area contributed by atoms with Crippen LogP contribution in [-0.4, -0.2) is 29.8 Å². The molecule has 0 aliphatic rings. The minimum Gasteiger partial charge on any atom is -0.481 e. The van der Waals surface area contributed by atoms with Crippen LogP contribution in [0.2, 0.25) is 0 Å². The summed E-state index contributed by atoms with van der Waals surface area (Å²) in [6.07, 6.45) is 0.824. The lowest BCUT2D eigenvalue weighted by Crippen LogP contribution is -2.52. The van der Waals surface area contributed by atoms with E-state index in [-0.39, 0.29) is 12.5 Å². The second kappa shape index (κ2) is 6.27. The molecule has 0 aliphatic heterocycles. The lowest BCUT2D eigenvalue weighted by Gasteiger charge is -2.33. The van der Waals surface area contributed by atoms with E-state index in [1.165, 1.54) is 6.08 Å². The second-order valence-electron chi connectivity index (χ2n) is 4.78. The number of ether oxygens (including phenoxy) is 1. The third-order valence-corrected chi connectivity index (χ3v) is 2.60. The van der Waals surface area contributed by atoms with E-state index in [0.717, 1.165) is 0 Å². The van der Waals surface area contributed by atoms with Crippen LogP contribution in [0.1, 0.15) is 27.7 Å². The van der Waals surface area contributed by atoms with Gasteiger partial charge in [0.25, 0.3) is 0 Å². The number of carbonyl (C=O) groups is 2. The zero-order valence-electron chi connectivity index (χ0n) is 10.8. The Hall–Kier alpha value is -1.52. The molecule has 0 aromatic heterocycles. The van der Waals surface area contributed by atoms with Crippen LogP contribution >= 0.6 is 0 Å². The zero-order chi connectivity index (χ0) is 13.6. The van der Waals surface area contributed by atoms with Gasteiger partial charge in [-0.15, -0.1) is 0 Å². The van der Waals surface area contributed by atoms with E-state index in [4.69, 9.17) is 9.84 Å². The maximum atomic E-state index is 11.4. The maximum Gasteiger partial charge on any atom is 0.407 e. The third kappa shape index (κ3) is 4.46. The number of aliphatic carboxylic acids is 1. The van der Waals surface area contributed by atoms with Crippen molar-refractivity contribution >= 4 is 12.1 Å². The first kappa shape index (κ1) is 15.5. The molecule has 5 heteroatoms. The first-order valence-electron chi connectivity index (χ1n) is 5.51. The van der Waals surface area contributed by atoms with Gasteiger partial charge in [-0.05, 0) is 19.8 Å². The molecule has 17 heavy (non-hydrogen) atoms. The molecule has 0 aliphatic carbocycles. The highest BCUT2D eigenvalue weighted by Crippen LogP contribution is 2.26. The van der Waals surface area contributed by atoms with E-state index in [9.17, 15) is 9.59 Å². The third-order valence-electron chi connectivity index (χ3n) is 2.60. The Labute approximate surface area is 102 Å². The number of carboxylic acids is 1. The molecule has 0 saturated carbocycles. The van der Waals surface area contributed by atoms with Gasteiger partial charge in [-0.25, -0.2) is 4.79 Å². The molecule has 0 saturated heterocycles. The van der Waals surface area contributed by atoms with Crippen LogP contribution in [-0.2, 0) is 9.53 Å². The van der Waals surface area contributed by atoms with Crippen molar-refractivity contribution in [3.05, 3.63) is 12.7 Å². The lowest BCUT2D eigenvalue weighted by atomic mass is 9.78. The lowest BCUT2D eigenvalue weighted by molar-refractivity contribution is -0.149. The molecule has 1 amide bonds. The average molecular weight is 243 g/mol. The summed E-state index contributed by atoms with van der Waals surface area (Å²) in [5.41, 5.74) is -1.05. The molecule has 0 fully saturated rings. The van der Waals surface area contributed by atoms with E-state index in [2.05, 4.69) is 11.9 Å². The summed E-state index contributed by atoms with van der Waals surface area (Å²) >= 11 is 0. The maximum absolute atomic E-state index is 11.4. The first-order valence-corrected chi connectivity index (χ1v) is 5.51. The molecule has 1 atom stereocenters. The quantitative estimate of drug-likeness (QED) is 0.700. The Balaban J connectivity index is 4.71. The molecule has 0 spiro atoms. The summed E-state index contributed by atoms with van der Waals surface area (Å²) in [6, 6.07) is -0.502. The number of hydrogen-bond donors (Lipinski definition) is 2.